The summed E-state index contributed by atoms with van der Waals surface area (Å²) >= 11 is 6.09. The summed E-state index contributed by atoms with van der Waals surface area (Å²) in [7, 11) is 0. The third-order valence-electron chi connectivity index (χ3n) is 5.18. The molecule has 5 nitrogen and oxygen atoms in total. The summed E-state index contributed by atoms with van der Waals surface area (Å²) < 4.78 is 5.71. The molecule has 170 valence electrons. The first kappa shape index (κ1) is 23.1. The molecule has 0 saturated heterocycles. The second-order valence-corrected chi connectivity index (χ2v) is 7.95. The number of amides is 2. The molecular weight excluding hydrogens is 448 g/mol. The van der Waals surface area contributed by atoms with Gasteiger partial charge in [-0.2, -0.15) is 0 Å². The molecule has 0 bridgehead atoms. The molecule has 0 aliphatic rings. The average molecular weight is 471 g/mol. The van der Waals surface area contributed by atoms with Gasteiger partial charge in [0.1, 0.15) is 5.75 Å². The van der Waals surface area contributed by atoms with Crippen molar-refractivity contribution in [1.82, 2.24) is 5.32 Å². The van der Waals surface area contributed by atoms with Crippen LogP contribution in [0.5, 0.6) is 5.75 Å². The van der Waals surface area contributed by atoms with E-state index in [9.17, 15) is 9.59 Å². The van der Waals surface area contributed by atoms with E-state index >= 15 is 0 Å². The third kappa shape index (κ3) is 5.82. The van der Waals surface area contributed by atoms with Gasteiger partial charge in [0.2, 0.25) is 0 Å². The Morgan fingerprint density at radius 3 is 1.94 bits per heavy atom. The molecule has 0 unspecified atom stereocenters. The van der Waals surface area contributed by atoms with Crippen molar-refractivity contribution in [2.45, 2.75) is 6.04 Å². The minimum atomic E-state index is -0.380. The van der Waals surface area contributed by atoms with Crippen molar-refractivity contribution >= 4 is 29.1 Å². The Balaban J connectivity index is 1.49. The minimum absolute atomic E-state index is 0.268. The van der Waals surface area contributed by atoms with Crippen molar-refractivity contribution in [3.05, 3.63) is 131 Å². The van der Waals surface area contributed by atoms with Crippen LogP contribution in [0.2, 0.25) is 5.02 Å². The number of carbonyl (C=O) groups excluding carboxylic acids is 2. The zero-order chi connectivity index (χ0) is 23.8. The van der Waals surface area contributed by atoms with Gasteiger partial charge in [0, 0.05) is 0 Å². The SMILES string of the molecule is O=C(COc1ccccc1C(=O)NC(c1ccccc1)c1ccccc1)Nc1ccccc1Cl. The maximum Gasteiger partial charge on any atom is 0.262 e. The lowest BCUT2D eigenvalue weighted by molar-refractivity contribution is -0.118. The summed E-state index contributed by atoms with van der Waals surface area (Å²) in [6, 6.07) is 33.0. The fourth-order valence-electron chi connectivity index (χ4n) is 3.53. The van der Waals surface area contributed by atoms with Gasteiger partial charge in [0.25, 0.3) is 11.8 Å². The number of halogens is 1. The predicted molar refractivity (Wildman–Crippen MR) is 134 cm³/mol. The number of benzene rings is 4. The first-order chi connectivity index (χ1) is 16.6. The smallest absolute Gasteiger partial charge is 0.262 e. The third-order valence-corrected chi connectivity index (χ3v) is 5.51. The molecule has 4 aromatic carbocycles. The maximum atomic E-state index is 13.3. The second kappa shape index (κ2) is 11.2. The average Bonchev–Trinajstić information content (AvgIpc) is 2.88. The highest BCUT2D eigenvalue weighted by molar-refractivity contribution is 6.33. The first-order valence-corrected chi connectivity index (χ1v) is 11.2. The fraction of sp³-hybridized carbons (Fsp3) is 0.0714. The van der Waals surface area contributed by atoms with Gasteiger partial charge in [-0.1, -0.05) is 96.5 Å². The number of para-hydroxylation sites is 2. The number of anilines is 1. The van der Waals surface area contributed by atoms with E-state index in [2.05, 4.69) is 10.6 Å². The standard InChI is InChI=1S/C28H23ClN2O3/c29-23-16-8-9-17-24(23)30-26(32)19-34-25-18-10-7-15-22(25)28(33)31-27(20-11-3-1-4-12-20)21-13-5-2-6-14-21/h1-18,27H,19H2,(H,30,32)(H,31,33). The van der Waals surface area contributed by atoms with Crippen molar-refractivity contribution < 1.29 is 14.3 Å². The van der Waals surface area contributed by atoms with Gasteiger partial charge in [-0.25, -0.2) is 0 Å². The number of hydrogen-bond acceptors (Lipinski definition) is 3. The zero-order valence-electron chi connectivity index (χ0n) is 18.3. The molecule has 2 N–H and O–H groups in total. The van der Waals surface area contributed by atoms with E-state index in [1.54, 1.807) is 48.5 Å². The highest BCUT2D eigenvalue weighted by Gasteiger charge is 2.20. The van der Waals surface area contributed by atoms with Gasteiger partial charge >= 0.3 is 0 Å². The van der Waals surface area contributed by atoms with E-state index < -0.39 is 0 Å². The Morgan fingerprint density at radius 1 is 0.735 bits per heavy atom. The van der Waals surface area contributed by atoms with E-state index in [0.29, 0.717) is 22.0 Å². The van der Waals surface area contributed by atoms with Crippen LogP contribution in [0.1, 0.15) is 27.5 Å². The molecule has 4 aromatic rings. The summed E-state index contributed by atoms with van der Waals surface area (Å²) in [4.78, 5) is 25.7. The quantitative estimate of drug-likeness (QED) is 0.338. The van der Waals surface area contributed by atoms with Crippen LogP contribution in [0.4, 0.5) is 5.69 Å². The summed E-state index contributed by atoms with van der Waals surface area (Å²) in [5.41, 5.74) is 2.75. The van der Waals surface area contributed by atoms with E-state index in [1.165, 1.54) is 0 Å². The number of rotatable bonds is 8. The molecule has 2 amide bonds. The van der Waals surface area contributed by atoms with Crippen LogP contribution >= 0.6 is 11.6 Å². The Morgan fingerprint density at radius 2 is 1.29 bits per heavy atom. The lowest BCUT2D eigenvalue weighted by Gasteiger charge is -2.21. The molecule has 0 aromatic heterocycles. The fourth-order valence-corrected chi connectivity index (χ4v) is 3.71. The first-order valence-electron chi connectivity index (χ1n) is 10.8. The second-order valence-electron chi connectivity index (χ2n) is 7.54. The van der Waals surface area contributed by atoms with Crippen molar-refractivity contribution in [2.24, 2.45) is 0 Å². The largest absolute Gasteiger partial charge is 0.483 e. The Bertz CT molecular complexity index is 1220. The highest BCUT2D eigenvalue weighted by Crippen LogP contribution is 2.25. The Labute approximate surface area is 203 Å². The Hall–Kier alpha value is -4.09. The molecule has 0 aliphatic carbocycles. The molecule has 0 atom stereocenters. The predicted octanol–water partition coefficient (Wildman–Crippen LogP) is 5.88. The van der Waals surface area contributed by atoms with Gasteiger partial charge in [0.15, 0.2) is 6.61 Å². The number of ether oxygens (including phenoxy) is 1. The van der Waals surface area contributed by atoms with E-state index in [0.717, 1.165) is 11.1 Å². The summed E-state index contributed by atoms with van der Waals surface area (Å²) in [5.74, 6) is -0.372. The van der Waals surface area contributed by atoms with Crippen LogP contribution in [0.25, 0.3) is 0 Å². The molecule has 0 fully saturated rings. The monoisotopic (exact) mass is 470 g/mol. The molecule has 0 heterocycles. The molecule has 0 saturated carbocycles. The number of hydrogen-bond donors (Lipinski definition) is 2. The van der Waals surface area contributed by atoms with Crippen LogP contribution in [0.15, 0.2) is 109 Å². The lowest BCUT2D eigenvalue weighted by Crippen LogP contribution is -2.30. The molecule has 4 rings (SSSR count). The molecular formula is C28H23ClN2O3. The Kier molecular flexibility index (Phi) is 7.58. The van der Waals surface area contributed by atoms with E-state index in [1.807, 2.05) is 60.7 Å². The van der Waals surface area contributed by atoms with E-state index in [4.69, 9.17) is 16.3 Å². The number of nitrogens with one attached hydrogen (secondary N) is 2. The normalized spacial score (nSPS) is 10.5. The van der Waals surface area contributed by atoms with Gasteiger partial charge in [0.05, 0.1) is 22.3 Å². The van der Waals surface area contributed by atoms with Crippen molar-refractivity contribution in [2.75, 3.05) is 11.9 Å². The topological polar surface area (TPSA) is 67.4 Å². The maximum absolute atomic E-state index is 13.3. The van der Waals surface area contributed by atoms with Gasteiger partial charge in [-0.15, -0.1) is 0 Å². The van der Waals surface area contributed by atoms with Crippen molar-refractivity contribution in [3.63, 3.8) is 0 Å². The summed E-state index contributed by atoms with van der Waals surface area (Å²) in [6.07, 6.45) is 0. The van der Waals surface area contributed by atoms with Crippen LogP contribution in [0, 0.1) is 0 Å². The van der Waals surface area contributed by atoms with Gasteiger partial charge in [-0.05, 0) is 35.4 Å². The van der Waals surface area contributed by atoms with Gasteiger partial charge < -0.3 is 15.4 Å². The van der Waals surface area contributed by atoms with Crippen LogP contribution in [-0.4, -0.2) is 18.4 Å². The molecule has 0 radical (unpaired) electrons. The summed E-state index contributed by atoms with van der Waals surface area (Å²) in [6.45, 7) is -0.268. The van der Waals surface area contributed by atoms with Gasteiger partial charge in [-0.3, -0.25) is 9.59 Å². The zero-order valence-corrected chi connectivity index (χ0v) is 19.0. The van der Waals surface area contributed by atoms with Crippen molar-refractivity contribution in [1.29, 1.82) is 0 Å². The lowest BCUT2D eigenvalue weighted by atomic mass is 9.98. The van der Waals surface area contributed by atoms with Crippen LogP contribution in [0.3, 0.4) is 0 Å². The van der Waals surface area contributed by atoms with Crippen LogP contribution in [-0.2, 0) is 4.79 Å². The van der Waals surface area contributed by atoms with Crippen molar-refractivity contribution in [3.8, 4) is 5.75 Å². The van der Waals surface area contributed by atoms with E-state index in [-0.39, 0.29) is 24.5 Å². The molecule has 34 heavy (non-hydrogen) atoms. The van der Waals surface area contributed by atoms with Crippen LogP contribution < -0.4 is 15.4 Å². The number of carbonyl (C=O) groups is 2. The highest BCUT2D eigenvalue weighted by atomic mass is 35.5. The summed E-state index contributed by atoms with van der Waals surface area (Å²) in [5, 5.41) is 6.25. The molecule has 0 spiro atoms. The minimum Gasteiger partial charge on any atom is -0.483 e. The molecule has 0 aliphatic heterocycles. The molecule has 6 heteroatoms.